The van der Waals surface area contributed by atoms with E-state index in [0.717, 1.165) is 13.0 Å². The van der Waals surface area contributed by atoms with E-state index in [0.29, 0.717) is 15.9 Å². The van der Waals surface area contributed by atoms with Crippen molar-refractivity contribution in [2.75, 3.05) is 6.54 Å². The van der Waals surface area contributed by atoms with Crippen molar-refractivity contribution < 1.29 is 4.39 Å². The van der Waals surface area contributed by atoms with Gasteiger partial charge >= 0.3 is 0 Å². The third-order valence-corrected chi connectivity index (χ3v) is 3.21. The average molecular weight is 313 g/mol. The molecule has 1 aromatic carbocycles. The second kappa shape index (κ2) is 6.06. The summed E-state index contributed by atoms with van der Waals surface area (Å²) in [4.78, 5) is 4.11. The first-order valence-corrected chi connectivity index (χ1v) is 6.56. The number of aromatic nitrogens is 3. The SMILES string of the molecule is CCCNC(c1ncn[nH]1)c1cccc(Br)c1F. The van der Waals surface area contributed by atoms with Crippen LogP contribution in [0.15, 0.2) is 29.0 Å². The summed E-state index contributed by atoms with van der Waals surface area (Å²) >= 11 is 3.20. The Morgan fingerprint density at radius 2 is 2.33 bits per heavy atom. The molecule has 96 valence electrons. The number of H-pyrrole nitrogens is 1. The number of hydrogen-bond acceptors (Lipinski definition) is 3. The molecule has 6 heteroatoms. The first-order chi connectivity index (χ1) is 8.74. The Labute approximate surface area is 113 Å². The van der Waals surface area contributed by atoms with Crippen LogP contribution in [0.3, 0.4) is 0 Å². The van der Waals surface area contributed by atoms with E-state index in [1.165, 1.54) is 6.33 Å². The monoisotopic (exact) mass is 312 g/mol. The van der Waals surface area contributed by atoms with Crippen LogP contribution in [0.5, 0.6) is 0 Å². The molecule has 2 aromatic rings. The topological polar surface area (TPSA) is 53.6 Å². The summed E-state index contributed by atoms with van der Waals surface area (Å²) < 4.78 is 14.6. The molecule has 1 heterocycles. The van der Waals surface area contributed by atoms with Gasteiger partial charge < -0.3 is 5.32 Å². The van der Waals surface area contributed by atoms with Gasteiger partial charge in [0.15, 0.2) is 0 Å². The van der Waals surface area contributed by atoms with E-state index in [9.17, 15) is 4.39 Å². The lowest BCUT2D eigenvalue weighted by Gasteiger charge is -2.17. The van der Waals surface area contributed by atoms with Crippen LogP contribution in [0, 0.1) is 5.82 Å². The Morgan fingerprint density at radius 1 is 1.50 bits per heavy atom. The molecule has 2 N–H and O–H groups in total. The van der Waals surface area contributed by atoms with Crippen molar-refractivity contribution in [3.8, 4) is 0 Å². The maximum Gasteiger partial charge on any atom is 0.146 e. The summed E-state index contributed by atoms with van der Waals surface area (Å²) in [6, 6.07) is 4.91. The van der Waals surface area contributed by atoms with Crippen molar-refractivity contribution in [1.82, 2.24) is 20.5 Å². The Bertz CT molecular complexity index is 501. The van der Waals surface area contributed by atoms with Crippen LogP contribution in [0.2, 0.25) is 0 Å². The Hall–Kier alpha value is -1.27. The molecule has 1 unspecified atom stereocenters. The van der Waals surface area contributed by atoms with E-state index in [1.807, 2.05) is 0 Å². The van der Waals surface area contributed by atoms with Gasteiger partial charge in [-0.1, -0.05) is 19.1 Å². The molecule has 0 saturated heterocycles. The first-order valence-electron chi connectivity index (χ1n) is 5.76. The van der Waals surface area contributed by atoms with Crippen LogP contribution < -0.4 is 5.32 Å². The molecule has 2 rings (SSSR count). The van der Waals surface area contributed by atoms with E-state index in [2.05, 4.69) is 43.4 Å². The van der Waals surface area contributed by atoms with E-state index in [1.54, 1.807) is 18.2 Å². The van der Waals surface area contributed by atoms with Gasteiger partial charge in [0.2, 0.25) is 0 Å². The largest absolute Gasteiger partial charge is 0.304 e. The van der Waals surface area contributed by atoms with E-state index >= 15 is 0 Å². The highest BCUT2D eigenvalue weighted by molar-refractivity contribution is 9.10. The van der Waals surface area contributed by atoms with Gasteiger partial charge in [-0.15, -0.1) is 0 Å². The Morgan fingerprint density at radius 3 is 3.00 bits per heavy atom. The van der Waals surface area contributed by atoms with Gasteiger partial charge in [0, 0.05) is 5.56 Å². The normalized spacial score (nSPS) is 12.6. The highest BCUT2D eigenvalue weighted by atomic mass is 79.9. The van der Waals surface area contributed by atoms with Crippen molar-refractivity contribution in [3.05, 3.63) is 46.2 Å². The van der Waals surface area contributed by atoms with E-state index < -0.39 is 0 Å². The summed E-state index contributed by atoms with van der Waals surface area (Å²) in [6.45, 7) is 2.83. The van der Waals surface area contributed by atoms with Crippen LogP contribution in [-0.4, -0.2) is 21.7 Å². The van der Waals surface area contributed by atoms with Crippen LogP contribution in [0.4, 0.5) is 4.39 Å². The minimum atomic E-state index is -0.315. The van der Waals surface area contributed by atoms with Gasteiger partial charge in [-0.3, -0.25) is 5.10 Å². The van der Waals surface area contributed by atoms with Crippen molar-refractivity contribution >= 4 is 15.9 Å². The molecule has 0 saturated carbocycles. The number of rotatable bonds is 5. The average Bonchev–Trinajstić information content (AvgIpc) is 2.88. The molecule has 0 radical (unpaired) electrons. The molecule has 0 bridgehead atoms. The van der Waals surface area contributed by atoms with Gasteiger partial charge in [0.05, 0.1) is 10.5 Å². The number of aromatic amines is 1. The molecule has 0 aliphatic carbocycles. The number of halogens is 2. The van der Waals surface area contributed by atoms with E-state index in [4.69, 9.17) is 0 Å². The Kier molecular flexibility index (Phi) is 4.43. The minimum Gasteiger partial charge on any atom is -0.304 e. The lowest BCUT2D eigenvalue weighted by molar-refractivity contribution is 0.528. The Balaban J connectivity index is 2.37. The zero-order chi connectivity index (χ0) is 13.0. The van der Waals surface area contributed by atoms with Gasteiger partial charge in [0.1, 0.15) is 18.0 Å². The third kappa shape index (κ3) is 2.76. The fraction of sp³-hybridized carbons (Fsp3) is 0.333. The highest BCUT2D eigenvalue weighted by Crippen LogP contribution is 2.26. The second-order valence-corrected chi connectivity index (χ2v) is 4.76. The maximum atomic E-state index is 14.1. The summed E-state index contributed by atoms with van der Waals surface area (Å²) in [6.07, 6.45) is 2.38. The van der Waals surface area contributed by atoms with Crippen molar-refractivity contribution in [2.24, 2.45) is 0 Å². The fourth-order valence-corrected chi connectivity index (χ4v) is 2.12. The van der Waals surface area contributed by atoms with Gasteiger partial charge in [-0.25, -0.2) is 9.37 Å². The molecule has 0 spiro atoms. The van der Waals surface area contributed by atoms with Crippen molar-refractivity contribution in [1.29, 1.82) is 0 Å². The molecule has 0 fully saturated rings. The van der Waals surface area contributed by atoms with E-state index in [-0.39, 0.29) is 11.9 Å². The minimum absolute atomic E-state index is 0.275. The van der Waals surface area contributed by atoms with Gasteiger partial charge in [-0.2, -0.15) is 5.10 Å². The first kappa shape index (κ1) is 13.2. The summed E-state index contributed by atoms with van der Waals surface area (Å²) in [7, 11) is 0. The summed E-state index contributed by atoms with van der Waals surface area (Å²) in [5, 5.41) is 9.87. The molecule has 4 nitrogen and oxygen atoms in total. The summed E-state index contributed by atoms with van der Waals surface area (Å²) in [5.74, 6) is 0.336. The zero-order valence-corrected chi connectivity index (χ0v) is 11.5. The third-order valence-electron chi connectivity index (χ3n) is 2.60. The smallest absolute Gasteiger partial charge is 0.146 e. The quantitative estimate of drug-likeness (QED) is 0.892. The van der Waals surface area contributed by atoms with Crippen LogP contribution in [0.25, 0.3) is 0 Å². The predicted octanol–water partition coefficient (Wildman–Crippen LogP) is 2.80. The molecular weight excluding hydrogens is 299 g/mol. The number of nitrogens with one attached hydrogen (secondary N) is 2. The van der Waals surface area contributed by atoms with Crippen LogP contribution in [0.1, 0.15) is 30.8 Å². The zero-order valence-electron chi connectivity index (χ0n) is 9.95. The molecule has 0 amide bonds. The van der Waals surface area contributed by atoms with Gasteiger partial charge in [0.25, 0.3) is 0 Å². The highest BCUT2D eigenvalue weighted by Gasteiger charge is 2.20. The van der Waals surface area contributed by atoms with Crippen LogP contribution in [-0.2, 0) is 0 Å². The number of hydrogen-bond donors (Lipinski definition) is 2. The standard InChI is InChI=1S/C12H14BrFN4/c1-2-6-15-11(12-16-7-17-18-12)8-4-3-5-9(13)10(8)14/h3-5,7,11,15H,2,6H2,1H3,(H,16,17,18). The van der Waals surface area contributed by atoms with Crippen molar-refractivity contribution in [3.63, 3.8) is 0 Å². The van der Waals surface area contributed by atoms with Crippen LogP contribution >= 0.6 is 15.9 Å². The molecule has 18 heavy (non-hydrogen) atoms. The molecule has 1 aromatic heterocycles. The lowest BCUT2D eigenvalue weighted by Crippen LogP contribution is -2.25. The van der Waals surface area contributed by atoms with Crippen molar-refractivity contribution in [2.45, 2.75) is 19.4 Å². The predicted molar refractivity (Wildman–Crippen MR) is 70.6 cm³/mol. The summed E-state index contributed by atoms with van der Waals surface area (Å²) in [5.41, 5.74) is 0.551. The van der Waals surface area contributed by atoms with Gasteiger partial charge in [-0.05, 0) is 35.0 Å². The molecule has 1 atom stereocenters. The number of benzene rings is 1. The molecule has 0 aliphatic heterocycles. The number of nitrogens with zero attached hydrogens (tertiary/aromatic N) is 2. The maximum absolute atomic E-state index is 14.1. The lowest BCUT2D eigenvalue weighted by atomic mass is 10.1. The molecule has 0 aliphatic rings. The fourth-order valence-electron chi connectivity index (χ4n) is 1.74. The molecular formula is C12H14BrFN4. The second-order valence-electron chi connectivity index (χ2n) is 3.90.